The molecule has 1 saturated heterocycles. The van der Waals surface area contributed by atoms with E-state index in [-0.39, 0.29) is 23.3 Å². The number of nitrogens with zero attached hydrogens (tertiary/aromatic N) is 5. The summed E-state index contributed by atoms with van der Waals surface area (Å²) in [5.74, 6) is 1.04. The molecule has 0 spiro atoms. The molecule has 8 aromatic rings. The number of hydrogen-bond donors (Lipinski definition) is 2. The first-order chi connectivity index (χ1) is 33.0. The van der Waals surface area contributed by atoms with Crippen LogP contribution in [0.4, 0.5) is 47.9 Å². The average molecular weight is 970 g/mol. The van der Waals surface area contributed by atoms with E-state index in [0.717, 1.165) is 60.6 Å². The number of carbonyl (C=O) groups excluding carboxylic acids is 1. The van der Waals surface area contributed by atoms with Crippen molar-refractivity contribution in [3.05, 3.63) is 178 Å². The largest absolute Gasteiger partial charge is 0.573 e. The maximum Gasteiger partial charge on any atom is 0.573 e. The molecule has 356 valence electrons. The summed E-state index contributed by atoms with van der Waals surface area (Å²) in [4.78, 5) is 28.5. The number of aromatic nitrogens is 4. The van der Waals surface area contributed by atoms with E-state index in [1.807, 2.05) is 19.1 Å². The molecule has 69 heavy (non-hydrogen) atoms. The molecule has 1 aliphatic heterocycles. The molecular formula is C51H43ClF7N7O3. The third-order valence-corrected chi connectivity index (χ3v) is 11.6. The Morgan fingerprint density at radius 2 is 1.51 bits per heavy atom. The van der Waals surface area contributed by atoms with Gasteiger partial charge in [0.25, 0.3) is 5.91 Å². The molecule has 1 amide bonds. The highest BCUT2D eigenvalue weighted by molar-refractivity contribution is 6.30. The summed E-state index contributed by atoms with van der Waals surface area (Å²) in [5, 5.41) is 7.30. The van der Waals surface area contributed by atoms with Gasteiger partial charge in [-0.3, -0.25) is 9.20 Å². The number of benzene rings is 5. The molecule has 18 heteroatoms. The lowest BCUT2D eigenvalue weighted by molar-refractivity contribution is -0.274. The van der Waals surface area contributed by atoms with Gasteiger partial charge < -0.3 is 25.0 Å². The summed E-state index contributed by atoms with van der Waals surface area (Å²) >= 11 is 6.14. The Morgan fingerprint density at radius 1 is 0.812 bits per heavy atom. The van der Waals surface area contributed by atoms with E-state index >= 15 is 0 Å². The maximum atomic E-state index is 13.6. The number of anilines is 3. The highest BCUT2D eigenvalue weighted by Crippen LogP contribution is 2.36. The second-order valence-electron chi connectivity index (χ2n) is 16.1. The van der Waals surface area contributed by atoms with Crippen molar-refractivity contribution in [3.63, 3.8) is 0 Å². The molecule has 9 rings (SSSR count). The van der Waals surface area contributed by atoms with Gasteiger partial charge >= 0.3 is 12.5 Å². The van der Waals surface area contributed by atoms with E-state index < -0.39 is 23.9 Å². The minimum Gasteiger partial charge on any atom is -0.455 e. The summed E-state index contributed by atoms with van der Waals surface area (Å²) in [6, 6.07) is 33.4. The molecule has 5 aromatic carbocycles. The molecule has 2 N–H and O–H groups in total. The monoisotopic (exact) mass is 969 g/mol. The van der Waals surface area contributed by atoms with Gasteiger partial charge in [-0.2, -0.15) is 13.2 Å². The van der Waals surface area contributed by atoms with E-state index in [9.17, 15) is 35.5 Å². The number of alkyl halides is 6. The van der Waals surface area contributed by atoms with Gasteiger partial charge in [0.2, 0.25) is 0 Å². The fraction of sp³-hybridized carbons (Fsp3) is 0.216. The first kappa shape index (κ1) is 48.1. The lowest BCUT2D eigenvalue weighted by Crippen LogP contribution is -2.32. The van der Waals surface area contributed by atoms with Crippen LogP contribution in [0.3, 0.4) is 0 Å². The van der Waals surface area contributed by atoms with Crippen LogP contribution in [-0.2, 0) is 19.1 Å². The van der Waals surface area contributed by atoms with E-state index in [4.69, 9.17) is 16.3 Å². The quantitative estimate of drug-likeness (QED) is 0.124. The SMILES string of the molecule is CCc1nc2ccc(Cl)cn2c1C(=O)NCc1ccc(N2CCC(c3ccc(OC(F)(F)F)cc3)CC2)cc1.Cc1nc(Nc2ccccc2Oc2ccc(C(F)(F)F)cc2)c2ccc(F)cc2n1. The summed E-state index contributed by atoms with van der Waals surface area (Å²) in [6.07, 6.45) is -4.96. The second-order valence-corrected chi connectivity index (χ2v) is 16.5. The third kappa shape index (κ3) is 12.0. The molecule has 4 heterocycles. The van der Waals surface area contributed by atoms with Gasteiger partial charge in [0.1, 0.15) is 40.3 Å². The molecule has 0 bridgehead atoms. The second kappa shape index (κ2) is 20.4. The number of pyridine rings is 1. The van der Waals surface area contributed by atoms with Gasteiger partial charge in [0.05, 0.1) is 27.5 Å². The highest BCUT2D eigenvalue weighted by Gasteiger charge is 2.32. The Morgan fingerprint density at radius 3 is 2.19 bits per heavy atom. The van der Waals surface area contributed by atoms with Crippen LogP contribution in [-0.4, -0.2) is 44.7 Å². The summed E-state index contributed by atoms with van der Waals surface area (Å²) < 4.78 is 100. The zero-order chi connectivity index (χ0) is 48.9. The first-order valence-corrected chi connectivity index (χ1v) is 22.2. The lowest BCUT2D eigenvalue weighted by Gasteiger charge is -2.34. The average Bonchev–Trinajstić information content (AvgIpc) is 3.69. The van der Waals surface area contributed by atoms with Crippen molar-refractivity contribution in [2.75, 3.05) is 23.3 Å². The van der Waals surface area contributed by atoms with Gasteiger partial charge in [-0.15, -0.1) is 13.2 Å². The zero-order valence-electron chi connectivity index (χ0n) is 37.0. The summed E-state index contributed by atoms with van der Waals surface area (Å²) in [6.45, 7) is 5.73. The Labute approximate surface area is 396 Å². The van der Waals surface area contributed by atoms with Gasteiger partial charge in [0.15, 0.2) is 5.75 Å². The normalized spacial score (nSPS) is 13.2. The Bertz CT molecular complexity index is 3060. The number of rotatable bonds is 11. The fourth-order valence-corrected chi connectivity index (χ4v) is 8.16. The molecule has 10 nitrogen and oxygen atoms in total. The number of fused-ring (bicyclic) bond motifs is 2. The van der Waals surface area contributed by atoms with E-state index in [1.54, 1.807) is 72.1 Å². The highest BCUT2D eigenvalue weighted by atomic mass is 35.5. The van der Waals surface area contributed by atoms with Crippen molar-refractivity contribution in [2.45, 2.75) is 58.1 Å². The molecular weight excluding hydrogens is 927 g/mol. The minimum atomic E-state index is -4.68. The number of piperidine rings is 1. The van der Waals surface area contributed by atoms with E-state index in [0.29, 0.717) is 63.3 Å². The molecule has 1 fully saturated rings. The number of carbonyl (C=O) groups is 1. The predicted octanol–water partition coefficient (Wildman–Crippen LogP) is 13.4. The number of aryl methyl sites for hydroxylation is 2. The number of ether oxygens (including phenoxy) is 2. The Balaban J connectivity index is 0.000000192. The Kier molecular flexibility index (Phi) is 14.2. The fourth-order valence-electron chi connectivity index (χ4n) is 8.00. The Hall–Kier alpha value is -7.40. The lowest BCUT2D eigenvalue weighted by atomic mass is 9.89. The van der Waals surface area contributed by atoms with Crippen molar-refractivity contribution in [1.82, 2.24) is 24.7 Å². The minimum absolute atomic E-state index is 0.200. The first-order valence-electron chi connectivity index (χ1n) is 21.8. The van der Waals surface area contributed by atoms with Crippen LogP contribution < -0.4 is 25.0 Å². The topological polar surface area (TPSA) is 106 Å². The van der Waals surface area contributed by atoms with Crippen LogP contribution in [0.2, 0.25) is 5.02 Å². The number of imidazole rings is 1. The molecule has 0 radical (unpaired) electrons. The standard InChI is InChI=1S/C29H28ClF3N4O2.C22H15F4N3O/c1-2-25-27(37-18-22(30)7-12-26(37)35-25)28(38)34-17-19-3-8-23(9-4-19)36-15-13-21(14-16-36)20-5-10-24(11-6-20)39-29(31,32)33;1-13-27-19-12-15(23)8-11-17(19)21(28-13)29-18-4-2-3-5-20(18)30-16-9-6-14(7-10-16)22(24,25)26/h3-12,18,21H,2,13-17H2,1H3,(H,34,38);2-12H,1H3,(H,27,28,29). The van der Waals surface area contributed by atoms with Gasteiger partial charge in [-0.1, -0.05) is 54.9 Å². The zero-order valence-corrected chi connectivity index (χ0v) is 37.8. The summed E-state index contributed by atoms with van der Waals surface area (Å²) in [7, 11) is 0. The third-order valence-electron chi connectivity index (χ3n) is 11.4. The van der Waals surface area contributed by atoms with Crippen LogP contribution in [0.1, 0.15) is 64.4 Å². The number of halogens is 8. The van der Waals surface area contributed by atoms with Gasteiger partial charge in [0, 0.05) is 43.0 Å². The van der Waals surface area contributed by atoms with E-state index in [1.165, 1.54) is 36.4 Å². The van der Waals surface area contributed by atoms with Crippen molar-refractivity contribution in [3.8, 4) is 17.2 Å². The van der Waals surface area contributed by atoms with Gasteiger partial charge in [-0.05, 0) is 128 Å². The van der Waals surface area contributed by atoms with Crippen LogP contribution in [0.5, 0.6) is 17.2 Å². The van der Waals surface area contributed by atoms with Crippen molar-refractivity contribution in [1.29, 1.82) is 0 Å². The summed E-state index contributed by atoms with van der Waals surface area (Å²) in [5.41, 5.74) is 5.24. The molecule has 0 aliphatic carbocycles. The van der Waals surface area contributed by atoms with E-state index in [2.05, 4.69) is 47.4 Å². The molecule has 3 aromatic heterocycles. The van der Waals surface area contributed by atoms with Crippen LogP contribution in [0, 0.1) is 12.7 Å². The molecule has 0 saturated carbocycles. The molecule has 1 aliphatic rings. The number of para-hydroxylation sites is 2. The van der Waals surface area contributed by atoms with Gasteiger partial charge in [-0.25, -0.2) is 19.3 Å². The molecule has 0 unspecified atom stereocenters. The van der Waals surface area contributed by atoms with Crippen molar-refractivity contribution < 1.29 is 45.0 Å². The maximum absolute atomic E-state index is 13.6. The number of hydrogen-bond acceptors (Lipinski definition) is 8. The van der Waals surface area contributed by atoms with Crippen LogP contribution in [0.15, 0.2) is 134 Å². The van der Waals surface area contributed by atoms with Crippen molar-refractivity contribution >= 4 is 51.3 Å². The molecule has 0 atom stereocenters. The van der Waals surface area contributed by atoms with Crippen molar-refractivity contribution in [2.24, 2.45) is 0 Å². The number of amides is 1. The smallest absolute Gasteiger partial charge is 0.455 e. The van der Waals surface area contributed by atoms with Crippen LogP contribution >= 0.6 is 11.6 Å². The predicted molar refractivity (Wildman–Crippen MR) is 250 cm³/mol. The number of nitrogens with one attached hydrogen (secondary N) is 2. The van der Waals surface area contributed by atoms with Crippen LogP contribution in [0.25, 0.3) is 16.6 Å².